The normalized spacial score (nSPS) is 15.7. The van der Waals surface area contributed by atoms with Crippen LogP contribution < -0.4 is 11.1 Å². The number of thioether (sulfide) groups is 1. The number of aromatic nitrogens is 2. The van der Waals surface area contributed by atoms with E-state index in [1.807, 2.05) is 6.07 Å². The van der Waals surface area contributed by atoms with E-state index in [4.69, 9.17) is 29.6 Å². The number of hydrogen-bond acceptors (Lipinski definition) is 8. The van der Waals surface area contributed by atoms with E-state index in [9.17, 15) is 9.59 Å². The summed E-state index contributed by atoms with van der Waals surface area (Å²) in [6, 6.07) is 7.17. The average molecular weight is 426 g/mol. The molecule has 3 N–H and O–H groups in total. The summed E-state index contributed by atoms with van der Waals surface area (Å²) in [5, 5.41) is 11.6. The predicted molar refractivity (Wildman–Crippen MR) is 107 cm³/mol. The number of nitrogens with one attached hydrogen (secondary N) is 1. The van der Waals surface area contributed by atoms with Gasteiger partial charge in [0.1, 0.15) is 15.9 Å². The molecule has 1 aliphatic rings. The minimum atomic E-state index is -0.353. The van der Waals surface area contributed by atoms with Crippen LogP contribution in [-0.2, 0) is 16.1 Å². The van der Waals surface area contributed by atoms with Crippen molar-refractivity contribution in [3.8, 4) is 0 Å². The van der Waals surface area contributed by atoms with Crippen LogP contribution in [-0.4, -0.2) is 37.8 Å². The second-order valence-corrected chi connectivity index (χ2v) is 8.28. The molecule has 0 aliphatic carbocycles. The third kappa shape index (κ3) is 4.39. The average Bonchev–Trinajstić information content (AvgIpc) is 3.13. The molecule has 1 aliphatic heterocycles. The predicted octanol–water partition coefficient (Wildman–Crippen LogP) is 2.29. The lowest BCUT2D eigenvalue weighted by Gasteiger charge is -2.13. The SMILES string of the molecule is Nc1nnc(CNC(=O)CN2C(=O)/C(=C\c3ccccc3Cl)SC2=S)s1. The van der Waals surface area contributed by atoms with Crippen molar-refractivity contribution in [2.24, 2.45) is 0 Å². The summed E-state index contributed by atoms with van der Waals surface area (Å²) < 4.78 is 0.323. The van der Waals surface area contributed by atoms with Gasteiger partial charge in [-0.25, -0.2) is 0 Å². The number of anilines is 1. The number of nitrogens with two attached hydrogens (primary N) is 1. The van der Waals surface area contributed by atoms with E-state index in [2.05, 4.69) is 15.5 Å². The number of hydrogen-bond donors (Lipinski definition) is 2. The van der Waals surface area contributed by atoms with Crippen LogP contribution in [0.2, 0.25) is 5.02 Å². The highest BCUT2D eigenvalue weighted by atomic mass is 35.5. The Labute approximate surface area is 167 Å². The summed E-state index contributed by atoms with van der Waals surface area (Å²) in [5.74, 6) is -0.677. The van der Waals surface area contributed by atoms with Crippen LogP contribution in [0.15, 0.2) is 29.2 Å². The van der Waals surface area contributed by atoms with E-state index >= 15 is 0 Å². The zero-order valence-electron chi connectivity index (χ0n) is 13.1. The van der Waals surface area contributed by atoms with Crippen molar-refractivity contribution in [1.82, 2.24) is 20.4 Å². The number of nitrogen functional groups attached to an aromatic ring is 1. The van der Waals surface area contributed by atoms with Crippen molar-refractivity contribution in [2.75, 3.05) is 12.3 Å². The summed E-state index contributed by atoms with van der Waals surface area (Å²) >= 11 is 13.7. The van der Waals surface area contributed by atoms with E-state index in [0.29, 0.717) is 30.0 Å². The second-order valence-electron chi connectivity index (χ2n) is 5.10. The Morgan fingerprint density at radius 1 is 1.38 bits per heavy atom. The lowest BCUT2D eigenvalue weighted by atomic mass is 10.2. The zero-order chi connectivity index (χ0) is 18.7. The van der Waals surface area contributed by atoms with Crippen LogP contribution in [0.4, 0.5) is 5.13 Å². The van der Waals surface area contributed by atoms with Crippen LogP contribution >= 0.6 is 46.9 Å². The molecule has 2 aromatic rings. The molecule has 1 aromatic carbocycles. The van der Waals surface area contributed by atoms with Crippen molar-refractivity contribution in [1.29, 1.82) is 0 Å². The van der Waals surface area contributed by atoms with Gasteiger partial charge < -0.3 is 11.1 Å². The molecule has 0 unspecified atom stereocenters. The van der Waals surface area contributed by atoms with Gasteiger partial charge in [-0.05, 0) is 17.7 Å². The molecule has 0 radical (unpaired) electrons. The first kappa shape index (κ1) is 18.8. The van der Waals surface area contributed by atoms with Gasteiger partial charge in [0.25, 0.3) is 5.91 Å². The molecule has 2 amide bonds. The molecule has 0 saturated carbocycles. The number of rotatable bonds is 5. The van der Waals surface area contributed by atoms with E-state index < -0.39 is 0 Å². The van der Waals surface area contributed by atoms with Gasteiger partial charge in [-0.15, -0.1) is 10.2 Å². The molecule has 7 nitrogen and oxygen atoms in total. The fourth-order valence-electron chi connectivity index (χ4n) is 2.08. The third-order valence-electron chi connectivity index (χ3n) is 3.29. The quantitative estimate of drug-likeness (QED) is 0.559. The summed E-state index contributed by atoms with van der Waals surface area (Å²) in [7, 11) is 0. The Bertz CT molecular complexity index is 914. The molecule has 0 spiro atoms. The van der Waals surface area contributed by atoms with Gasteiger partial charge in [0.2, 0.25) is 11.0 Å². The van der Waals surface area contributed by atoms with Crippen molar-refractivity contribution in [2.45, 2.75) is 6.54 Å². The maximum Gasteiger partial charge on any atom is 0.266 e. The molecule has 2 heterocycles. The zero-order valence-corrected chi connectivity index (χ0v) is 16.3. The summed E-state index contributed by atoms with van der Waals surface area (Å²) in [4.78, 5) is 26.3. The maximum atomic E-state index is 12.5. The van der Waals surface area contributed by atoms with Gasteiger partial charge >= 0.3 is 0 Å². The number of carbonyl (C=O) groups excluding carboxylic acids is 2. The van der Waals surface area contributed by atoms with E-state index in [1.54, 1.807) is 24.3 Å². The Balaban J connectivity index is 1.63. The third-order valence-corrected chi connectivity index (χ3v) is 5.76. The monoisotopic (exact) mass is 425 g/mol. The first-order valence-corrected chi connectivity index (χ1v) is 9.70. The Hall–Kier alpha value is -2.01. The number of nitrogens with zero attached hydrogens (tertiary/aromatic N) is 3. The maximum absolute atomic E-state index is 12.5. The van der Waals surface area contributed by atoms with Gasteiger partial charge in [0, 0.05) is 5.02 Å². The molecule has 1 aromatic heterocycles. The minimum Gasteiger partial charge on any atom is -0.374 e. The minimum absolute atomic E-state index is 0.168. The van der Waals surface area contributed by atoms with Crippen molar-refractivity contribution in [3.05, 3.63) is 44.8 Å². The molecular weight excluding hydrogens is 414 g/mol. The molecule has 134 valence electrons. The fourth-order valence-corrected chi connectivity index (χ4v) is 4.07. The summed E-state index contributed by atoms with van der Waals surface area (Å²) in [6.07, 6.45) is 1.67. The van der Waals surface area contributed by atoms with Crippen molar-refractivity contribution >= 4 is 74.3 Å². The summed E-state index contributed by atoms with van der Waals surface area (Å²) in [6.45, 7) is 0.0246. The standard InChI is InChI=1S/C15H12ClN5O2S3/c16-9-4-2-1-3-8(9)5-10-13(23)21(15(24)25-10)7-11(22)18-6-12-19-20-14(17)26-12/h1-5H,6-7H2,(H2,17,20)(H,18,22)/b10-5+. The number of thiocarbonyl (C=S) groups is 1. The number of amides is 2. The van der Waals surface area contributed by atoms with Crippen LogP contribution in [0.25, 0.3) is 6.08 Å². The van der Waals surface area contributed by atoms with Crippen LogP contribution in [0.3, 0.4) is 0 Å². The first-order valence-electron chi connectivity index (χ1n) is 7.28. The molecule has 1 saturated heterocycles. The smallest absolute Gasteiger partial charge is 0.266 e. The fraction of sp³-hybridized carbons (Fsp3) is 0.133. The van der Waals surface area contributed by atoms with Crippen molar-refractivity contribution in [3.63, 3.8) is 0 Å². The molecule has 0 bridgehead atoms. The molecule has 26 heavy (non-hydrogen) atoms. The Kier molecular flexibility index (Phi) is 5.87. The van der Waals surface area contributed by atoms with Crippen LogP contribution in [0, 0.1) is 0 Å². The largest absolute Gasteiger partial charge is 0.374 e. The Morgan fingerprint density at radius 3 is 2.85 bits per heavy atom. The summed E-state index contributed by atoms with van der Waals surface area (Å²) in [5.41, 5.74) is 6.20. The van der Waals surface area contributed by atoms with Crippen molar-refractivity contribution < 1.29 is 9.59 Å². The lowest BCUT2D eigenvalue weighted by Crippen LogP contribution is -2.39. The molecule has 1 fully saturated rings. The number of halogens is 1. The van der Waals surface area contributed by atoms with E-state index in [-0.39, 0.29) is 24.9 Å². The molecular formula is C15H12ClN5O2S3. The highest BCUT2D eigenvalue weighted by Gasteiger charge is 2.33. The lowest BCUT2D eigenvalue weighted by molar-refractivity contribution is -0.128. The topological polar surface area (TPSA) is 101 Å². The first-order chi connectivity index (χ1) is 12.4. The van der Waals surface area contributed by atoms with E-state index in [1.165, 1.54) is 16.2 Å². The van der Waals surface area contributed by atoms with Gasteiger partial charge in [0.15, 0.2) is 0 Å². The highest BCUT2D eigenvalue weighted by molar-refractivity contribution is 8.26. The van der Waals surface area contributed by atoms with Gasteiger partial charge in [-0.3, -0.25) is 14.5 Å². The van der Waals surface area contributed by atoms with Crippen LogP contribution in [0.1, 0.15) is 10.6 Å². The van der Waals surface area contributed by atoms with Gasteiger partial charge in [0.05, 0.1) is 11.4 Å². The Morgan fingerprint density at radius 2 is 2.15 bits per heavy atom. The molecule has 0 atom stereocenters. The van der Waals surface area contributed by atoms with Gasteiger partial charge in [-0.1, -0.05) is 65.1 Å². The molecule has 11 heteroatoms. The molecule has 3 rings (SSSR count). The highest BCUT2D eigenvalue weighted by Crippen LogP contribution is 2.33. The second kappa shape index (κ2) is 8.12. The number of carbonyl (C=O) groups is 2. The van der Waals surface area contributed by atoms with Crippen LogP contribution in [0.5, 0.6) is 0 Å². The van der Waals surface area contributed by atoms with Gasteiger partial charge in [-0.2, -0.15) is 0 Å². The number of benzene rings is 1. The van der Waals surface area contributed by atoms with E-state index in [0.717, 1.165) is 11.8 Å².